The molecular formula is C13H21N5O. The number of hydrogen-bond donors (Lipinski definition) is 2. The minimum Gasteiger partial charge on any atom is -0.355 e. The lowest BCUT2D eigenvalue weighted by Crippen LogP contribution is -2.21. The average Bonchev–Trinajstić information content (AvgIpc) is 2.72. The average molecular weight is 263 g/mol. The van der Waals surface area contributed by atoms with Crippen molar-refractivity contribution < 1.29 is 0 Å². The molecule has 0 aromatic carbocycles. The number of aryl methyl sites for hydroxylation is 1. The molecule has 6 heteroatoms. The van der Waals surface area contributed by atoms with Crippen LogP contribution < -0.4 is 10.9 Å². The number of H-pyrrole nitrogens is 1. The molecule has 0 amide bonds. The van der Waals surface area contributed by atoms with Crippen LogP contribution in [0.3, 0.4) is 0 Å². The zero-order valence-electron chi connectivity index (χ0n) is 11.9. The monoisotopic (exact) mass is 263 g/mol. The van der Waals surface area contributed by atoms with Crippen LogP contribution in [-0.2, 0) is 6.42 Å². The van der Waals surface area contributed by atoms with Crippen molar-refractivity contribution in [1.29, 1.82) is 0 Å². The van der Waals surface area contributed by atoms with Gasteiger partial charge in [0, 0.05) is 12.1 Å². The van der Waals surface area contributed by atoms with Crippen molar-refractivity contribution in [3.8, 4) is 0 Å². The van der Waals surface area contributed by atoms with Gasteiger partial charge in [-0.1, -0.05) is 20.8 Å². The van der Waals surface area contributed by atoms with Crippen molar-refractivity contribution in [2.45, 2.75) is 40.5 Å². The van der Waals surface area contributed by atoms with E-state index in [2.05, 4.69) is 34.2 Å². The fourth-order valence-electron chi connectivity index (χ4n) is 2.02. The topological polar surface area (TPSA) is 75.1 Å². The van der Waals surface area contributed by atoms with E-state index in [4.69, 9.17) is 0 Å². The lowest BCUT2D eigenvalue weighted by atomic mass is 10.1. The Labute approximate surface area is 112 Å². The van der Waals surface area contributed by atoms with Crippen molar-refractivity contribution in [3.05, 3.63) is 21.6 Å². The smallest absolute Gasteiger partial charge is 0.277 e. The van der Waals surface area contributed by atoms with Crippen LogP contribution in [0.5, 0.6) is 0 Å². The molecule has 19 heavy (non-hydrogen) atoms. The molecule has 2 aromatic rings. The van der Waals surface area contributed by atoms with Crippen LogP contribution in [0.1, 0.15) is 38.4 Å². The maximum absolute atomic E-state index is 12.2. The molecule has 0 spiro atoms. The fraction of sp³-hybridized carbons (Fsp3) is 0.615. The van der Waals surface area contributed by atoms with Crippen molar-refractivity contribution in [2.24, 2.45) is 5.92 Å². The van der Waals surface area contributed by atoms with Gasteiger partial charge in [0.15, 0.2) is 0 Å². The van der Waals surface area contributed by atoms with Gasteiger partial charge in [-0.3, -0.25) is 9.89 Å². The zero-order valence-corrected chi connectivity index (χ0v) is 11.9. The third-order valence-electron chi connectivity index (χ3n) is 3.16. The minimum absolute atomic E-state index is 0.0607. The summed E-state index contributed by atoms with van der Waals surface area (Å²) in [4.78, 5) is 20.8. The maximum Gasteiger partial charge on any atom is 0.277 e. The van der Waals surface area contributed by atoms with Crippen molar-refractivity contribution >= 4 is 11.7 Å². The van der Waals surface area contributed by atoms with E-state index < -0.39 is 0 Å². The summed E-state index contributed by atoms with van der Waals surface area (Å²) in [6.45, 7) is 8.97. The lowest BCUT2D eigenvalue weighted by molar-refractivity contribution is 0.606. The summed E-state index contributed by atoms with van der Waals surface area (Å²) in [7, 11) is 0. The Kier molecular flexibility index (Phi) is 3.87. The summed E-state index contributed by atoms with van der Waals surface area (Å²) in [5.41, 5.74) is 1.43. The molecule has 0 aliphatic heterocycles. The first-order chi connectivity index (χ1) is 9.02. The predicted octanol–water partition coefficient (Wildman–Crippen LogP) is 1.75. The summed E-state index contributed by atoms with van der Waals surface area (Å²) in [5.74, 6) is 1.65. The Morgan fingerprint density at radius 2 is 2.11 bits per heavy atom. The van der Waals surface area contributed by atoms with Gasteiger partial charge in [-0.05, 0) is 25.7 Å². The van der Waals surface area contributed by atoms with Gasteiger partial charge < -0.3 is 5.32 Å². The minimum atomic E-state index is -0.0607. The number of anilines is 1. The third-order valence-corrected chi connectivity index (χ3v) is 3.16. The normalized spacial score (nSPS) is 11.4. The molecule has 104 valence electrons. The zero-order chi connectivity index (χ0) is 14.0. The van der Waals surface area contributed by atoms with Crippen LogP contribution in [0.15, 0.2) is 4.79 Å². The SMILES string of the molecule is CCc1c(C)nc2nc(NCCC(C)C)[nH]n2c1=O. The summed E-state index contributed by atoms with van der Waals surface area (Å²) >= 11 is 0. The summed E-state index contributed by atoms with van der Waals surface area (Å²) in [6.07, 6.45) is 1.73. The molecule has 2 aromatic heterocycles. The Bertz CT molecular complexity index is 626. The van der Waals surface area contributed by atoms with Gasteiger partial charge >= 0.3 is 0 Å². The van der Waals surface area contributed by atoms with Crippen LogP contribution in [0, 0.1) is 12.8 Å². The Morgan fingerprint density at radius 1 is 1.37 bits per heavy atom. The van der Waals surface area contributed by atoms with Crippen molar-refractivity contribution in [1.82, 2.24) is 19.6 Å². The standard InChI is InChI=1S/C13H21N5O/c1-5-10-9(4)15-13-16-12(14-7-6-8(2)3)17-18(13)11(10)19/h8H,5-7H2,1-4H3,(H2,14,15,16,17). The molecule has 0 saturated heterocycles. The van der Waals surface area contributed by atoms with Gasteiger partial charge in [-0.25, -0.2) is 4.98 Å². The number of aromatic amines is 1. The molecule has 2 heterocycles. The van der Waals surface area contributed by atoms with Gasteiger partial charge in [0.2, 0.25) is 5.95 Å². The first-order valence-corrected chi connectivity index (χ1v) is 6.75. The third kappa shape index (κ3) is 2.77. The van der Waals surface area contributed by atoms with E-state index in [1.807, 2.05) is 13.8 Å². The van der Waals surface area contributed by atoms with Crippen LogP contribution in [0.25, 0.3) is 5.78 Å². The summed E-state index contributed by atoms with van der Waals surface area (Å²) in [5, 5.41) is 6.14. The number of rotatable bonds is 5. The Hall–Kier alpha value is -1.85. The van der Waals surface area contributed by atoms with E-state index in [0.717, 1.165) is 24.2 Å². The largest absolute Gasteiger partial charge is 0.355 e. The van der Waals surface area contributed by atoms with Crippen LogP contribution >= 0.6 is 0 Å². The van der Waals surface area contributed by atoms with E-state index >= 15 is 0 Å². The van der Waals surface area contributed by atoms with E-state index in [0.29, 0.717) is 24.1 Å². The number of fused-ring (bicyclic) bond motifs is 1. The second-order valence-electron chi connectivity index (χ2n) is 5.15. The highest BCUT2D eigenvalue weighted by atomic mass is 16.1. The maximum atomic E-state index is 12.2. The second kappa shape index (κ2) is 5.42. The van der Waals surface area contributed by atoms with E-state index in [9.17, 15) is 4.79 Å². The molecule has 0 aliphatic carbocycles. The highest BCUT2D eigenvalue weighted by Crippen LogP contribution is 2.06. The highest BCUT2D eigenvalue weighted by Gasteiger charge is 2.11. The van der Waals surface area contributed by atoms with E-state index in [1.54, 1.807) is 0 Å². The van der Waals surface area contributed by atoms with Crippen LogP contribution in [-0.4, -0.2) is 26.1 Å². The van der Waals surface area contributed by atoms with Crippen LogP contribution in [0.2, 0.25) is 0 Å². The molecular weight excluding hydrogens is 242 g/mol. The molecule has 0 fully saturated rings. The van der Waals surface area contributed by atoms with Gasteiger partial charge in [-0.2, -0.15) is 9.50 Å². The molecule has 0 atom stereocenters. The number of nitrogens with one attached hydrogen (secondary N) is 2. The van der Waals surface area contributed by atoms with Crippen molar-refractivity contribution in [2.75, 3.05) is 11.9 Å². The quantitative estimate of drug-likeness (QED) is 0.861. The summed E-state index contributed by atoms with van der Waals surface area (Å²) in [6, 6.07) is 0. The molecule has 0 saturated carbocycles. The van der Waals surface area contributed by atoms with Crippen LogP contribution in [0.4, 0.5) is 5.95 Å². The van der Waals surface area contributed by atoms with Gasteiger partial charge in [0.1, 0.15) is 0 Å². The predicted molar refractivity (Wildman–Crippen MR) is 75.7 cm³/mol. The molecule has 2 N–H and O–H groups in total. The number of hydrogen-bond acceptors (Lipinski definition) is 4. The molecule has 0 aliphatic rings. The molecule has 0 unspecified atom stereocenters. The van der Waals surface area contributed by atoms with Crippen molar-refractivity contribution in [3.63, 3.8) is 0 Å². The van der Waals surface area contributed by atoms with Gasteiger partial charge in [0.25, 0.3) is 11.3 Å². The molecule has 0 radical (unpaired) electrons. The van der Waals surface area contributed by atoms with Gasteiger partial charge in [-0.15, -0.1) is 0 Å². The first-order valence-electron chi connectivity index (χ1n) is 6.75. The number of nitrogens with zero attached hydrogens (tertiary/aromatic N) is 3. The first kappa shape index (κ1) is 13.6. The molecule has 2 rings (SSSR count). The Balaban J connectivity index is 2.30. The number of aromatic nitrogens is 4. The molecule has 0 bridgehead atoms. The van der Waals surface area contributed by atoms with E-state index in [1.165, 1.54) is 4.52 Å². The van der Waals surface area contributed by atoms with E-state index in [-0.39, 0.29) is 5.56 Å². The fourth-order valence-corrected chi connectivity index (χ4v) is 2.02. The summed E-state index contributed by atoms with van der Waals surface area (Å²) < 4.78 is 1.41. The second-order valence-corrected chi connectivity index (χ2v) is 5.15. The Morgan fingerprint density at radius 3 is 2.74 bits per heavy atom. The van der Waals surface area contributed by atoms with Gasteiger partial charge in [0.05, 0.1) is 5.69 Å². The highest BCUT2D eigenvalue weighted by molar-refractivity contribution is 5.38. The molecule has 6 nitrogen and oxygen atoms in total. The lowest BCUT2D eigenvalue weighted by Gasteiger charge is -2.04.